The first kappa shape index (κ1) is 17.6. The molecule has 0 aromatic rings. The van der Waals surface area contributed by atoms with Crippen LogP contribution in [0.5, 0.6) is 0 Å². The molecule has 0 fully saturated rings. The van der Waals surface area contributed by atoms with E-state index in [1.165, 1.54) is 18.0 Å². The van der Waals surface area contributed by atoms with Crippen LogP contribution in [-0.4, -0.2) is 28.6 Å². The van der Waals surface area contributed by atoms with Crippen LogP contribution in [0, 0.1) is 5.41 Å². The van der Waals surface area contributed by atoms with E-state index < -0.39 is 8.80 Å². The molecule has 1 aliphatic rings. The molecule has 0 aromatic heterocycles. The second-order valence-corrected chi connectivity index (χ2v) is 8.11. The molecule has 0 heterocycles. The molecule has 0 spiro atoms. The van der Waals surface area contributed by atoms with Crippen LogP contribution >= 0.6 is 0 Å². The molecule has 20 heavy (non-hydrogen) atoms. The zero-order valence-corrected chi connectivity index (χ0v) is 14.7. The first-order valence-corrected chi connectivity index (χ1v) is 9.59. The molecule has 0 aliphatic heterocycles. The smallest absolute Gasteiger partial charge is 0.370 e. The van der Waals surface area contributed by atoms with Gasteiger partial charge in [0.05, 0.1) is 0 Å². The molecule has 1 unspecified atom stereocenters. The van der Waals surface area contributed by atoms with Gasteiger partial charge in [0.25, 0.3) is 0 Å². The molecule has 1 rings (SSSR count). The van der Waals surface area contributed by atoms with Crippen LogP contribution in [0.15, 0.2) is 23.4 Å². The van der Waals surface area contributed by atoms with Gasteiger partial charge in [-0.25, -0.2) is 0 Å². The van der Waals surface area contributed by atoms with Gasteiger partial charge < -0.3 is 13.3 Å². The Bertz CT molecular complexity index is 335. The highest BCUT2D eigenvalue weighted by Crippen LogP contribution is 2.39. The minimum Gasteiger partial charge on any atom is -0.370 e. The van der Waals surface area contributed by atoms with E-state index in [2.05, 4.69) is 32.1 Å². The standard InChI is InChI=1S/C16H30O3Si/c1-6-12-16(5)13-10-11-15(14-16)20(17-7-2,18-8-3)19-9-4/h10-11,13H,6-9,12,14H2,1-5H3. The van der Waals surface area contributed by atoms with Crippen LogP contribution < -0.4 is 0 Å². The average molecular weight is 298 g/mol. The van der Waals surface area contributed by atoms with E-state index in [-0.39, 0.29) is 5.41 Å². The van der Waals surface area contributed by atoms with Gasteiger partial charge in [0.1, 0.15) is 0 Å². The van der Waals surface area contributed by atoms with E-state index in [1.807, 2.05) is 20.8 Å². The summed E-state index contributed by atoms with van der Waals surface area (Å²) >= 11 is 0. The summed E-state index contributed by atoms with van der Waals surface area (Å²) in [5.74, 6) is 0. The van der Waals surface area contributed by atoms with Crippen molar-refractivity contribution in [1.82, 2.24) is 0 Å². The summed E-state index contributed by atoms with van der Waals surface area (Å²) in [6.07, 6.45) is 9.93. The summed E-state index contributed by atoms with van der Waals surface area (Å²) in [6.45, 7) is 12.4. The van der Waals surface area contributed by atoms with E-state index in [1.54, 1.807) is 0 Å². The van der Waals surface area contributed by atoms with Crippen LogP contribution in [0.1, 0.15) is 53.9 Å². The van der Waals surface area contributed by atoms with Crippen molar-refractivity contribution in [2.75, 3.05) is 19.8 Å². The third-order valence-electron chi connectivity index (χ3n) is 3.61. The van der Waals surface area contributed by atoms with E-state index in [9.17, 15) is 0 Å². The molecule has 1 aliphatic carbocycles. The first-order chi connectivity index (χ1) is 9.55. The molecule has 0 saturated carbocycles. The maximum atomic E-state index is 6.01. The molecule has 0 amide bonds. The SMILES string of the molecule is CCCC1(C)C=CC=C([Si](OCC)(OCC)OCC)C1. The molecule has 3 nitrogen and oxygen atoms in total. The minimum atomic E-state index is -2.70. The van der Waals surface area contributed by atoms with Gasteiger partial charge in [-0.15, -0.1) is 0 Å². The highest BCUT2D eigenvalue weighted by molar-refractivity contribution is 6.68. The predicted octanol–water partition coefficient (Wildman–Crippen LogP) is 4.27. The summed E-state index contributed by atoms with van der Waals surface area (Å²) in [6, 6.07) is 0. The molecule has 0 saturated heterocycles. The summed E-state index contributed by atoms with van der Waals surface area (Å²) in [5, 5.41) is 1.22. The monoisotopic (exact) mass is 298 g/mol. The van der Waals surface area contributed by atoms with Crippen molar-refractivity contribution in [3.05, 3.63) is 23.4 Å². The van der Waals surface area contributed by atoms with Crippen LogP contribution in [0.3, 0.4) is 0 Å². The van der Waals surface area contributed by atoms with Crippen molar-refractivity contribution in [2.24, 2.45) is 5.41 Å². The third-order valence-corrected chi connectivity index (χ3v) is 6.74. The lowest BCUT2D eigenvalue weighted by molar-refractivity contribution is 0.0780. The maximum absolute atomic E-state index is 6.01. The molecular formula is C16H30O3Si. The molecule has 0 aromatic carbocycles. The van der Waals surface area contributed by atoms with Gasteiger partial charge in [-0.2, -0.15) is 0 Å². The molecular weight excluding hydrogens is 268 g/mol. The maximum Gasteiger partial charge on any atom is 0.533 e. The number of hydrogen-bond acceptors (Lipinski definition) is 3. The Morgan fingerprint density at radius 3 is 2.05 bits per heavy atom. The topological polar surface area (TPSA) is 27.7 Å². The van der Waals surface area contributed by atoms with Crippen LogP contribution in [-0.2, 0) is 13.3 Å². The van der Waals surface area contributed by atoms with E-state index in [4.69, 9.17) is 13.3 Å². The van der Waals surface area contributed by atoms with E-state index in [0.717, 1.165) is 6.42 Å². The van der Waals surface area contributed by atoms with E-state index in [0.29, 0.717) is 19.8 Å². The van der Waals surface area contributed by atoms with Gasteiger partial charge in [0.15, 0.2) is 0 Å². The number of rotatable bonds is 9. The zero-order valence-electron chi connectivity index (χ0n) is 13.7. The normalized spacial score (nSPS) is 22.9. The average Bonchev–Trinajstić information content (AvgIpc) is 2.39. The van der Waals surface area contributed by atoms with Crippen LogP contribution in [0.25, 0.3) is 0 Å². The van der Waals surface area contributed by atoms with Crippen molar-refractivity contribution < 1.29 is 13.3 Å². The largest absolute Gasteiger partial charge is 0.533 e. The summed E-state index contributed by atoms with van der Waals surface area (Å²) < 4.78 is 18.0. The number of allylic oxidation sites excluding steroid dienone is 4. The minimum absolute atomic E-state index is 0.197. The van der Waals surface area contributed by atoms with Gasteiger partial charge in [0.2, 0.25) is 0 Å². The van der Waals surface area contributed by atoms with Gasteiger partial charge in [-0.3, -0.25) is 0 Å². The highest BCUT2D eigenvalue weighted by atomic mass is 28.4. The third kappa shape index (κ3) is 4.28. The van der Waals surface area contributed by atoms with Gasteiger partial charge in [-0.05, 0) is 39.0 Å². The van der Waals surface area contributed by atoms with Crippen molar-refractivity contribution in [1.29, 1.82) is 0 Å². The fourth-order valence-electron chi connectivity index (χ4n) is 2.88. The Hall–Kier alpha value is -0.423. The predicted molar refractivity (Wildman–Crippen MR) is 85.5 cm³/mol. The molecule has 1 atom stereocenters. The summed E-state index contributed by atoms with van der Waals surface area (Å²) in [7, 11) is -2.70. The molecule has 0 radical (unpaired) electrons. The lowest BCUT2D eigenvalue weighted by Gasteiger charge is -2.36. The highest BCUT2D eigenvalue weighted by Gasteiger charge is 2.47. The quantitative estimate of drug-likeness (QED) is 0.595. The Morgan fingerprint density at radius 1 is 1.05 bits per heavy atom. The van der Waals surface area contributed by atoms with Crippen LogP contribution in [0.4, 0.5) is 0 Å². The Labute approximate surface area is 125 Å². The Morgan fingerprint density at radius 2 is 1.60 bits per heavy atom. The number of hydrogen-bond donors (Lipinski definition) is 0. The fourth-order valence-corrected chi connectivity index (χ4v) is 5.74. The summed E-state index contributed by atoms with van der Waals surface area (Å²) in [5.41, 5.74) is 0.197. The van der Waals surface area contributed by atoms with Crippen molar-refractivity contribution in [2.45, 2.75) is 53.9 Å². The van der Waals surface area contributed by atoms with Crippen molar-refractivity contribution in [3.8, 4) is 0 Å². The molecule has 116 valence electrons. The van der Waals surface area contributed by atoms with Gasteiger partial charge >= 0.3 is 8.80 Å². The summed E-state index contributed by atoms with van der Waals surface area (Å²) in [4.78, 5) is 0. The Kier molecular flexibility index (Phi) is 7.16. The van der Waals surface area contributed by atoms with E-state index >= 15 is 0 Å². The fraction of sp³-hybridized carbons (Fsp3) is 0.750. The lowest BCUT2D eigenvalue weighted by Crippen LogP contribution is -2.49. The van der Waals surface area contributed by atoms with Crippen LogP contribution in [0.2, 0.25) is 0 Å². The Balaban J connectivity index is 3.01. The lowest BCUT2D eigenvalue weighted by atomic mass is 9.80. The zero-order chi connectivity index (χ0) is 15.1. The molecule has 4 heteroatoms. The second-order valence-electron chi connectivity index (χ2n) is 5.49. The van der Waals surface area contributed by atoms with Crippen molar-refractivity contribution >= 4 is 8.80 Å². The van der Waals surface area contributed by atoms with Gasteiger partial charge in [-0.1, -0.05) is 38.5 Å². The van der Waals surface area contributed by atoms with Crippen molar-refractivity contribution in [3.63, 3.8) is 0 Å². The molecule has 0 N–H and O–H groups in total. The molecule has 0 bridgehead atoms. The first-order valence-electron chi connectivity index (χ1n) is 7.86. The second kappa shape index (κ2) is 8.13. The van der Waals surface area contributed by atoms with Gasteiger partial charge in [0, 0.05) is 25.0 Å².